The van der Waals surface area contributed by atoms with Crippen LogP contribution in [0.4, 0.5) is 5.69 Å². The molecule has 94 valence electrons. The number of rotatable bonds is 3. The van der Waals surface area contributed by atoms with Gasteiger partial charge in [-0.1, -0.05) is 25.5 Å². The summed E-state index contributed by atoms with van der Waals surface area (Å²) in [5.41, 5.74) is 0.452. The molecule has 1 aliphatic heterocycles. The van der Waals surface area contributed by atoms with Crippen LogP contribution < -0.4 is 5.32 Å². The molecule has 0 saturated heterocycles. The second-order valence-electron chi connectivity index (χ2n) is 3.98. The van der Waals surface area contributed by atoms with Crippen molar-refractivity contribution in [1.29, 1.82) is 0 Å². The van der Waals surface area contributed by atoms with Gasteiger partial charge in [-0.3, -0.25) is 0 Å². The fraction of sp³-hybridized carbons (Fsp3) is 0.455. The molecular formula is C11H16N2O3S. The zero-order valence-corrected chi connectivity index (χ0v) is 10.4. The van der Waals surface area contributed by atoms with Gasteiger partial charge in [0.2, 0.25) is 10.0 Å². The maximum absolute atomic E-state index is 12.2. The van der Waals surface area contributed by atoms with Crippen LogP contribution in [0.25, 0.3) is 0 Å². The first-order valence-electron chi connectivity index (χ1n) is 5.63. The number of benzene rings is 1. The number of nitrogens with zero attached hydrogens (tertiary/aromatic N) is 1. The SMILES string of the molecule is CCCCN1[C@@H](O)Nc2ccccc2S1(=O)=O. The van der Waals surface area contributed by atoms with Gasteiger partial charge in [-0.2, -0.15) is 4.31 Å². The quantitative estimate of drug-likeness (QED) is 0.852. The van der Waals surface area contributed by atoms with Gasteiger partial charge >= 0.3 is 0 Å². The van der Waals surface area contributed by atoms with Crippen molar-refractivity contribution in [2.45, 2.75) is 31.0 Å². The van der Waals surface area contributed by atoms with Crippen molar-refractivity contribution in [3.05, 3.63) is 24.3 Å². The Morgan fingerprint density at radius 1 is 1.41 bits per heavy atom. The van der Waals surface area contributed by atoms with Crippen molar-refractivity contribution >= 4 is 15.7 Å². The number of sulfonamides is 1. The van der Waals surface area contributed by atoms with Gasteiger partial charge in [0.05, 0.1) is 5.69 Å². The highest BCUT2D eigenvalue weighted by Gasteiger charge is 2.36. The molecule has 6 heteroatoms. The number of aliphatic hydroxyl groups excluding tert-OH is 1. The highest BCUT2D eigenvalue weighted by Crippen LogP contribution is 2.30. The molecule has 0 amide bonds. The standard InChI is InChI=1S/C11H16N2O3S/c1-2-3-8-13-11(14)12-9-6-4-5-7-10(9)17(13,15)16/h4-7,11-12,14H,2-3,8H2,1H3/t11-/m0/s1. The molecule has 1 aromatic carbocycles. The molecule has 2 rings (SSSR count). The Morgan fingerprint density at radius 2 is 2.12 bits per heavy atom. The van der Waals surface area contributed by atoms with Crippen molar-refractivity contribution in [2.24, 2.45) is 0 Å². The van der Waals surface area contributed by atoms with E-state index in [1.54, 1.807) is 24.3 Å². The number of hydrogen-bond acceptors (Lipinski definition) is 4. The number of fused-ring (bicyclic) bond motifs is 1. The van der Waals surface area contributed by atoms with Crippen molar-refractivity contribution in [3.8, 4) is 0 Å². The molecule has 1 aliphatic rings. The second kappa shape index (κ2) is 4.64. The van der Waals surface area contributed by atoms with E-state index in [1.165, 1.54) is 0 Å². The zero-order chi connectivity index (χ0) is 12.5. The monoisotopic (exact) mass is 256 g/mol. The van der Waals surface area contributed by atoms with Gasteiger partial charge in [0, 0.05) is 6.54 Å². The third-order valence-corrected chi connectivity index (χ3v) is 4.67. The maximum atomic E-state index is 12.2. The highest BCUT2D eigenvalue weighted by molar-refractivity contribution is 7.89. The summed E-state index contributed by atoms with van der Waals surface area (Å²) in [7, 11) is -3.58. The summed E-state index contributed by atoms with van der Waals surface area (Å²) in [6.07, 6.45) is 0.419. The average Bonchev–Trinajstić information content (AvgIpc) is 2.28. The molecule has 0 bridgehead atoms. The molecule has 1 aromatic rings. The fourth-order valence-electron chi connectivity index (χ4n) is 1.84. The number of nitrogens with one attached hydrogen (secondary N) is 1. The largest absolute Gasteiger partial charge is 0.360 e. The molecule has 1 atom stereocenters. The second-order valence-corrected chi connectivity index (χ2v) is 5.84. The van der Waals surface area contributed by atoms with Crippen LogP contribution in [0.3, 0.4) is 0 Å². The summed E-state index contributed by atoms with van der Waals surface area (Å²) in [6, 6.07) is 6.60. The number of anilines is 1. The molecule has 5 nitrogen and oxygen atoms in total. The molecule has 0 saturated carbocycles. The normalized spacial score (nSPS) is 22.8. The smallest absolute Gasteiger partial charge is 0.248 e. The van der Waals surface area contributed by atoms with Crippen LogP contribution in [0.5, 0.6) is 0 Å². The van der Waals surface area contributed by atoms with E-state index in [2.05, 4.69) is 5.32 Å². The van der Waals surface area contributed by atoms with E-state index in [0.29, 0.717) is 12.2 Å². The minimum Gasteiger partial charge on any atom is -0.360 e. The Hall–Kier alpha value is -1.11. The Labute approximate surface area is 101 Å². The maximum Gasteiger partial charge on any atom is 0.248 e. The van der Waals surface area contributed by atoms with Gasteiger partial charge in [-0.25, -0.2) is 8.42 Å². The molecule has 0 fully saturated rings. The van der Waals surface area contributed by atoms with Crippen molar-refractivity contribution in [2.75, 3.05) is 11.9 Å². The predicted molar refractivity (Wildman–Crippen MR) is 64.9 cm³/mol. The van der Waals surface area contributed by atoms with E-state index in [4.69, 9.17) is 0 Å². The van der Waals surface area contributed by atoms with Crippen LogP contribution in [0.1, 0.15) is 19.8 Å². The number of hydrogen-bond donors (Lipinski definition) is 2. The Kier molecular flexibility index (Phi) is 3.37. The molecular weight excluding hydrogens is 240 g/mol. The third-order valence-electron chi connectivity index (χ3n) is 2.76. The fourth-order valence-corrected chi connectivity index (χ4v) is 3.43. The van der Waals surface area contributed by atoms with Crippen molar-refractivity contribution in [1.82, 2.24) is 4.31 Å². The van der Waals surface area contributed by atoms with Crippen LogP contribution in [-0.4, -0.2) is 30.7 Å². The first-order valence-corrected chi connectivity index (χ1v) is 7.07. The van der Waals surface area contributed by atoms with Gasteiger partial charge in [-0.15, -0.1) is 0 Å². The zero-order valence-electron chi connectivity index (χ0n) is 9.63. The highest BCUT2D eigenvalue weighted by atomic mass is 32.2. The van der Waals surface area contributed by atoms with Gasteiger partial charge in [0.15, 0.2) is 6.35 Å². The topological polar surface area (TPSA) is 69.6 Å². The molecule has 0 radical (unpaired) electrons. The summed E-state index contributed by atoms with van der Waals surface area (Å²) in [4.78, 5) is 0.224. The summed E-state index contributed by atoms with van der Waals surface area (Å²) >= 11 is 0. The Balaban J connectivity index is 2.40. The van der Waals surface area contributed by atoms with E-state index in [9.17, 15) is 13.5 Å². The summed E-state index contributed by atoms with van der Waals surface area (Å²) in [6.45, 7) is 2.30. The molecule has 0 spiro atoms. The third kappa shape index (κ3) is 2.15. The molecule has 1 heterocycles. The first-order chi connectivity index (χ1) is 8.07. The average molecular weight is 256 g/mol. The van der Waals surface area contributed by atoms with Gasteiger partial charge in [-0.05, 0) is 18.6 Å². The summed E-state index contributed by atoms with van der Waals surface area (Å²) in [5.74, 6) is 0. The van der Waals surface area contributed by atoms with Gasteiger partial charge in [0.25, 0.3) is 0 Å². The number of unbranched alkanes of at least 4 members (excludes halogenated alkanes) is 1. The Morgan fingerprint density at radius 3 is 2.82 bits per heavy atom. The summed E-state index contributed by atoms with van der Waals surface area (Å²) in [5, 5.41) is 12.6. The predicted octanol–water partition coefficient (Wildman–Crippen LogP) is 1.18. The summed E-state index contributed by atoms with van der Waals surface area (Å²) < 4.78 is 25.6. The minimum absolute atomic E-state index is 0.224. The van der Waals surface area contributed by atoms with Crippen LogP contribution in [-0.2, 0) is 10.0 Å². The van der Waals surface area contributed by atoms with Crippen LogP contribution in [0, 0.1) is 0 Å². The Bertz CT molecular complexity index is 501. The lowest BCUT2D eigenvalue weighted by molar-refractivity contribution is 0.0842. The molecule has 0 unspecified atom stereocenters. The lowest BCUT2D eigenvalue weighted by atomic mass is 10.3. The van der Waals surface area contributed by atoms with Crippen molar-refractivity contribution < 1.29 is 13.5 Å². The lowest BCUT2D eigenvalue weighted by Gasteiger charge is -2.33. The van der Waals surface area contributed by atoms with Crippen LogP contribution >= 0.6 is 0 Å². The number of para-hydroxylation sites is 1. The van der Waals surface area contributed by atoms with E-state index >= 15 is 0 Å². The minimum atomic E-state index is -3.58. The van der Waals surface area contributed by atoms with Crippen LogP contribution in [0.2, 0.25) is 0 Å². The lowest BCUT2D eigenvalue weighted by Crippen LogP contribution is -2.48. The number of aliphatic hydroxyl groups is 1. The van der Waals surface area contributed by atoms with Gasteiger partial charge < -0.3 is 10.4 Å². The van der Waals surface area contributed by atoms with E-state index < -0.39 is 16.4 Å². The van der Waals surface area contributed by atoms with E-state index in [1.807, 2.05) is 6.92 Å². The molecule has 0 aromatic heterocycles. The van der Waals surface area contributed by atoms with Crippen LogP contribution in [0.15, 0.2) is 29.2 Å². The van der Waals surface area contributed by atoms with E-state index in [0.717, 1.165) is 17.1 Å². The molecule has 0 aliphatic carbocycles. The molecule has 17 heavy (non-hydrogen) atoms. The van der Waals surface area contributed by atoms with E-state index in [-0.39, 0.29) is 4.90 Å². The van der Waals surface area contributed by atoms with Crippen molar-refractivity contribution in [3.63, 3.8) is 0 Å². The molecule has 2 N–H and O–H groups in total. The first kappa shape index (κ1) is 12.3. The van der Waals surface area contributed by atoms with Gasteiger partial charge in [0.1, 0.15) is 4.90 Å².